The molecule has 1 atom stereocenters. The number of alkyl halides is 1. The van der Waals surface area contributed by atoms with Crippen LogP contribution in [0.3, 0.4) is 0 Å². The lowest BCUT2D eigenvalue weighted by atomic mass is 9.77. The van der Waals surface area contributed by atoms with Crippen molar-refractivity contribution in [3.05, 3.63) is 0 Å². The molecule has 1 heterocycles. The molecule has 0 radical (unpaired) electrons. The van der Waals surface area contributed by atoms with E-state index in [1.807, 2.05) is 0 Å². The Morgan fingerprint density at radius 3 is 2.71 bits per heavy atom. The van der Waals surface area contributed by atoms with E-state index in [-0.39, 0.29) is 11.5 Å². The number of rotatable bonds is 4. The van der Waals surface area contributed by atoms with Gasteiger partial charge in [0.15, 0.2) is 0 Å². The zero-order valence-corrected chi connectivity index (χ0v) is 12.2. The van der Waals surface area contributed by atoms with Crippen LogP contribution in [0.2, 0.25) is 0 Å². The Bertz CT molecular complexity index is 273. The number of likely N-dealkylation sites (tertiary alicyclic amines) is 1. The van der Waals surface area contributed by atoms with Crippen molar-refractivity contribution in [2.24, 2.45) is 0 Å². The van der Waals surface area contributed by atoms with Crippen molar-refractivity contribution in [3.63, 3.8) is 0 Å². The lowest BCUT2D eigenvalue weighted by molar-refractivity contribution is -0.147. The Kier molecular flexibility index (Phi) is 4.47. The Labute approximate surface area is 112 Å². The molecule has 0 N–H and O–H groups in total. The topological polar surface area (TPSA) is 29.5 Å². The van der Waals surface area contributed by atoms with Gasteiger partial charge in [0.1, 0.15) is 0 Å². The van der Waals surface area contributed by atoms with Gasteiger partial charge in [-0.25, -0.2) is 0 Å². The molecule has 1 unspecified atom stereocenters. The van der Waals surface area contributed by atoms with Crippen LogP contribution in [0, 0.1) is 0 Å². The summed E-state index contributed by atoms with van der Waals surface area (Å²) < 4.78 is 5.54. The number of nitrogens with zero attached hydrogens (tertiary/aromatic N) is 1. The minimum absolute atomic E-state index is 0.134. The average molecular weight is 304 g/mol. The number of ether oxygens (including phenoxy) is 1. The Hall–Kier alpha value is -0.0900. The lowest BCUT2D eigenvalue weighted by Gasteiger charge is -2.43. The zero-order valence-electron chi connectivity index (χ0n) is 10.6. The van der Waals surface area contributed by atoms with Crippen LogP contribution in [0.5, 0.6) is 0 Å². The number of halogens is 1. The smallest absolute Gasteiger partial charge is 0.225 e. The molecular weight excluding hydrogens is 282 g/mol. The highest BCUT2D eigenvalue weighted by Gasteiger charge is 2.41. The van der Waals surface area contributed by atoms with Crippen LogP contribution in [0.1, 0.15) is 44.9 Å². The first kappa shape index (κ1) is 13.3. The highest BCUT2D eigenvalue weighted by atomic mass is 79.9. The predicted molar refractivity (Wildman–Crippen MR) is 71.4 cm³/mol. The van der Waals surface area contributed by atoms with Crippen molar-refractivity contribution in [2.75, 3.05) is 19.0 Å². The maximum Gasteiger partial charge on any atom is 0.225 e. The average Bonchev–Trinajstić information content (AvgIpc) is 2.33. The fraction of sp³-hybridized carbons (Fsp3) is 0.923. The van der Waals surface area contributed by atoms with Gasteiger partial charge in [-0.2, -0.15) is 0 Å². The largest absolute Gasteiger partial charge is 0.378 e. The molecular formula is C13H22BrNO2. The maximum atomic E-state index is 12.4. The summed E-state index contributed by atoms with van der Waals surface area (Å²) in [5.41, 5.74) is -0.134. The van der Waals surface area contributed by atoms with E-state index in [4.69, 9.17) is 4.74 Å². The third-order valence-corrected chi connectivity index (χ3v) is 5.04. The third kappa shape index (κ3) is 2.84. The van der Waals surface area contributed by atoms with E-state index in [0.717, 1.165) is 37.6 Å². The molecule has 0 aromatic rings. The molecule has 2 rings (SSSR count). The molecule has 4 heteroatoms. The minimum atomic E-state index is -0.134. The van der Waals surface area contributed by atoms with E-state index in [2.05, 4.69) is 20.8 Å². The molecule has 17 heavy (non-hydrogen) atoms. The van der Waals surface area contributed by atoms with Gasteiger partial charge in [-0.15, -0.1) is 0 Å². The van der Waals surface area contributed by atoms with Gasteiger partial charge in [0, 0.05) is 25.0 Å². The van der Waals surface area contributed by atoms with Crippen LogP contribution < -0.4 is 0 Å². The van der Waals surface area contributed by atoms with Crippen LogP contribution in [0.25, 0.3) is 0 Å². The Morgan fingerprint density at radius 2 is 2.18 bits per heavy atom. The number of amides is 1. The third-order valence-electron chi connectivity index (χ3n) is 4.30. The molecule has 0 spiro atoms. The molecule has 1 saturated carbocycles. The molecule has 1 aliphatic heterocycles. The van der Waals surface area contributed by atoms with Gasteiger partial charge < -0.3 is 9.64 Å². The highest BCUT2D eigenvalue weighted by Crippen LogP contribution is 2.38. The summed E-state index contributed by atoms with van der Waals surface area (Å²) in [6, 6.07) is 0.394. The summed E-state index contributed by atoms with van der Waals surface area (Å²) in [6.45, 7) is 0.925. The Balaban J connectivity index is 1.93. The van der Waals surface area contributed by atoms with Crippen molar-refractivity contribution in [1.29, 1.82) is 0 Å². The summed E-state index contributed by atoms with van der Waals surface area (Å²) in [6.07, 6.45) is 7.39. The number of carbonyl (C=O) groups excluding carboxylic acids is 1. The van der Waals surface area contributed by atoms with E-state index in [1.165, 1.54) is 12.8 Å². The summed E-state index contributed by atoms with van der Waals surface area (Å²) >= 11 is 3.52. The quantitative estimate of drug-likeness (QED) is 0.747. The standard InChI is InChI=1S/C13H22BrNO2/c1-17-13(6-4-7-13)9-12(16)15-8-3-2-5-11(15)10-14/h11H,2-10H2,1H3. The Morgan fingerprint density at radius 1 is 1.41 bits per heavy atom. The van der Waals surface area contributed by atoms with E-state index >= 15 is 0 Å². The van der Waals surface area contributed by atoms with Crippen molar-refractivity contribution in [1.82, 2.24) is 4.90 Å². The second kappa shape index (κ2) is 5.70. The molecule has 0 aromatic carbocycles. The second-order valence-electron chi connectivity index (χ2n) is 5.31. The first-order valence-corrected chi connectivity index (χ1v) is 7.73. The fourth-order valence-electron chi connectivity index (χ4n) is 2.89. The summed E-state index contributed by atoms with van der Waals surface area (Å²) in [5.74, 6) is 0.288. The first-order chi connectivity index (χ1) is 8.21. The van der Waals surface area contributed by atoms with Gasteiger partial charge in [-0.1, -0.05) is 15.9 Å². The first-order valence-electron chi connectivity index (χ1n) is 6.61. The van der Waals surface area contributed by atoms with Gasteiger partial charge in [0.25, 0.3) is 0 Å². The lowest BCUT2D eigenvalue weighted by Crippen LogP contribution is -2.50. The van der Waals surface area contributed by atoms with Gasteiger partial charge >= 0.3 is 0 Å². The number of methoxy groups -OCH3 is 1. The highest BCUT2D eigenvalue weighted by molar-refractivity contribution is 9.09. The van der Waals surface area contributed by atoms with Crippen molar-refractivity contribution < 1.29 is 9.53 Å². The normalized spacial score (nSPS) is 27.6. The number of carbonyl (C=O) groups is 1. The molecule has 1 aliphatic carbocycles. The maximum absolute atomic E-state index is 12.4. The molecule has 2 aliphatic rings. The summed E-state index contributed by atoms with van der Waals surface area (Å²) in [7, 11) is 1.74. The van der Waals surface area contributed by atoms with E-state index in [0.29, 0.717) is 12.5 Å². The van der Waals surface area contributed by atoms with Crippen molar-refractivity contribution in [2.45, 2.75) is 56.6 Å². The molecule has 3 nitrogen and oxygen atoms in total. The molecule has 2 fully saturated rings. The second-order valence-corrected chi connectivity index (χ2v) is 5.96. The molecule has 98 valence electrons. The minimum Gasteiger partial charge on any atom is -0.378 e. The molecule has 0 aromatic heterocycles. The fourth-order valence-corrected chi connectivity index (χ4v) is 3.56. The van der Waals surface area contributed by atoms with Gasteiger partial charge in [0.05, 0.1) is 12.0 Å². The van der Waals surface area contributed by atoms with Crippen LogP contribution in [-0.4, -0.2) is 41.4 Å². The van der Waals surface area contributed by atoms with E-state index < -0.39 is 0 Å². The summed E-state index contributed by atoms with van der Waals surface area (Å²) in [5, 5.41) is 0.902. The van der Waals surface area contributed by atoms with Crippen LogP contribution in [-0.2, 0) is 9.53 Å². The van der Waals surface area contributed by atoms with Crippen LogP contribution in [0.15, 0.2) is 0 Å². The zero-order chi connectivity index (χ0) is 12.3. The number of piperidine rings is 1. The molecule has 1 saturated heterocycles. The van der Waals surface area contributed by atoms with Crippen LogP contribution in [0.4, 0.5) is 0 Å². The monoisotopic (exact) mass is 303 g/mol. The number of hydrogen-bond donors (Lipinski definition) is 0. The van der Waals surface area contributed by atoms with E-state index in [1.54, 1.807) is 7.11 Å². The van der Waals surface area contributed by atoms with Crippen LogP contribution >= 0.6 is 15.9 Å². The van der Waals surface area contributed by atoms with Crippen molar-refractivity contribution >= 4 is 21.8 Å². The van der Waals surface area contributed by atoms with Crippen molar-refractivity contribution in [3.8, 4) is 0 Å². The van der Waals surface area contributed by atoms with E-state index in [9.17, 15) is 4.79 Å². The molecule has 0 bridgehead atoms. The predicted octanol–water partition coefficient (Wildman–Crippen LogP) is 2.72. The SMILES string of the molecule is COC1(CC(=O)N2CCCCC2CBr)CCC1. The van der Waals surface area contributed by atoms with Gasteiger partial charge in [-0.05, 0) is 38.5 Å². The molecule has 1 amide bonds. The number of hydrogen-bond acceptors (Lipinski definition) is 2. The summed E-state index contributed by atoms with van der Waals surface area (Å²) in [4.78, 5) is 14.4. The van der Waals surface area contributed by atoms with Gasteiger partial charge in [0.2, 0.25) is 5.91 Å². The van der Waals surface area contributed by atoms with Gasteiger partial charge in [-0.3, -0.25) is 4.79 Å².